The molecule has 1 aromatic heterocycles. The van der Waals surface area contributed by atoms with E-state index >= 15 is 0 Å². The van der Waals surface area contributed by atoms with E-state index in [1.54, 1.807) is 13.8 Å². The van der Waals surface area contributed by atoms with Gasteiger partial charge in [0.1, 0.15) is 17.5 Å². The van der Waals surface area contributed by atoms with Gasteiger partial charge in [0.05, 0.1) is 6.54 Å². The quantitative estimate of drug-likeness (QED) is 0.865. The zero-order valence-corrected chi connectivity index (χ0v) is 11.7. The maximum Gasteiger partial charge on any atom is 0.257 e. The number of halogens is 2. The van der Waals surface area contributed by atoms with E-state index in [-0.39, 0.29) is 17.7 Å². The molecule has 0 fully saturated rings. The van der Waals surface area contributed by atoms with Gasteiger partial charge in [-0.3, -0.25) is 9.36 Å². The Hall–Kier alpha value is -2.04. The van der Waals surface area contributed by atoms with Gasteiger partial charge in [0.15, 0.2) is 0 Å². The summed E-state index contributed by atoms with van der Waals surface area (Å²) in [6.07, 6.45) is 0.559. The molecule has 106 valence electrons. The van der Waals surface area contributed by atoms with E-state index in [1.807, 2.05) is 6.92 Å². The minimum Gasteiger partial charge on any atom is -0.292 e. The molecule has 1 heterocycles. The lowest BCUT2D eigenvalue weighted by Crippen LogP contribution is -2.29. The zero-order chi connectivity index (χ0) is 14.9. The molecule has 1 aromatic carbocycles. The normalized spacial score (nSPS) is 10.8. The van der Waals surface area contributed by atoms with Crippen LogP contribution < -0.4 is 5.56 Å². The van der Waals surface area contributed by atoms with Crippen molar-refractivity contribution in [2.75, 3.05) is 0 Å². The second-order valence-corrected chi connectivity index (χ2v) is 4.70. The Bertz CT molecular complexity index is 708. The van der Waals surface area contributed by atoms with Crippen molar-refractivity contribution in [1.29, 1.82) is 0 Å². The molecule has 2 aromatic rings. The standard InChI is InChI=1S/C15H16F2N2O/c1-4-13-9(2)18-10(3)19(15(13)20)8-11-7-12(16)5-6-14(11)17/h5-7H,4,8H2,1-3H3. The molecule has 0 saturated carbocycles. The van der Waals surface area contributed by atoms with E-state index < -0.39 is 11.6 Å². The maximum atomic E-state index is 13.7. The average Bonchev–Trinajstić information content (AvgIpc) is 2.38. The molecule has 0 aliphatic heterocycles. The van der Waals surface area contributed by atoms with Gasteiger partial charge in [0.25, 0.3) is 5.56 Å². The second kappa shape index (κ2) is 5.53. The number of aryl methyl sites for hydroxylation is 2. The Kier molecular flexibility index (Phi) is 3.97. The number of rotatable bonds is 3. The van der Waals surface area contributed by atoms with Crippen LogP contribution in [-0.2, 0) is 13.0 Å². The highest BCUT2D eigenvalue weighted by Gasteiger charge is 2.12. The van der Waals surface area contributed by atoms with Crippen molar-refractivity contribution in [3.8, 4) is 0 Å². The first-order chi connectivity index (χ1) is 9.43. The minimum absolute atomic E-state index is 0.0193. The molecule has 0 atom stereocenters. The third-order valence-corrected chi connectivity index (χ3v) is 3.35. The van der Waals surface area contributed by atoms with Crippen molar-refractivity contribution in [3.05, 3.63) is 62.8 Å². The van der Waals surface area contributed by atoms with Gasteiger partial charge in [0, 0.05) is 16.8 Å². The summed E-state index contributed by atoms with van der Waals surface area (Å²) in [7, 11) is 0. The molecular formula is C15H16F2N2O. The van der Waals surface area contributed by atoms with Crippen molar-refractivity contribution in [3.63, 3.8) is 0 Å². The smallest absolute Gasteiger partial charge is 0.257 e. The van der Waals surface area contributed by atoms with Crippen molar-refractivity contribution in [1.82, 2.24) is 9.55 Å². The van der Waals surface area contributed by atoms with Crippen molar-refractivity contribution >= 4 is 0 Å². The van der Waals surface area contributed by atoms with Crippen LogP contribution in [0.1, 0.15) is 29.6 Å². The van der Waals surface area contributed by atoms with Gasteiger partial charge in [0.2, 0.25) is 0 Å². The number of benzene rings is 1. The Labute approximate surface area is 115 Å². The molecule has 0 N–H and O–H groups in total. The molecule has 0 spiro atoms. The summed E-state index contributed by atoms with van der Waals surface area (Å²) in [5, 5.41) is 0. The molecule has 0 aliphatic rings. The van der Waals surface area contributed by atoms with E-state index in [2.05, 4.69) is 4.98 Å². The third kappa shape index (κ3) is 2.61. The highest BCUT2D eigenvalue weighted by Crippen LogP contribution is 2.12. The largest absolute Gasteiger partial charge is 0.292 e. The van der Waals surface area contributed by atoms with Crippen molar-refractivity contribution in [2.45, 2.75) is 33.7 Å². The first kappa shape index (κ1) is 14.4. The Morgan fingerprint density at radius 3 is 2.60 bits per heavy atom. The van der Waals surface area contributed by atoms with Crippen LogP contribution in [0.15, 0.2) is 23.0 Å². The Morgan fingerprint density at radius 1 is 1.25 bits per heavy atom. The fraction of sp³-hybridized carbons (Fsp3) is 0.333. The van der Waals surface area contributed by atoms with Crippen molar-refractivity contribution < 1.29 is 8.78 Å². The number of hydrogen-bond donors (Lipinski definition) is 0. The average molecular weight is 278 g/mol. The summed E-state index contributed by atoms with van der Waals surface area (Å²) < 4.78 is 28.2. The van der Waals surface area contributed by atoms with E-state index in [4.69, 9.17) is 0 Å². The van der Waals surface area contributed by atoms with E-state index in [0.29, 0.717) is 23.5 Å². The monoisotopic (exact) mass is 278 g/mol. The fourth-order valence-corrected chi connectivity index (χ4v) is 2.26. The molecular weight excluding hydrogens is 262 g/mol. The van der Waals surface area contributed by atoms with E-state index in [0.717, 1.165) is 18.2 Å². The predicted octanol–water partition coefficient (Wildman–Crippen LogP) is 2.75. The predicted molar refractivity (Wildman–Crippen MR) is 72.8 cm³/mol. The van der Waals surface area contributed by atoms with Gasteiger partial charge in [-0.05, 0) is 38.5 Å². The SMILES string of the molecule is CCc1c(C)nc(C)n(Cc2cc(F)ccc2F)c1=O. The van der Waals surface area contributed by atoms with Crippen LogP contribution in [0.5, 0.6) is 0 Å². The highest BCUT2D eigenvalue weighted by molar-refractivity contribution is 5.22. The summed E-state index contributed by atoms with van der Waals surface area (Å²) in [5.41, 5.74) is 1.24. The third-order valence-electron chi connectivity index (χ3n) is 3.35. The van der Waals surface area contributed by atoms with Gasteiger partial charge < -0.3 is 0 Å². The van der Waals surface area contributed by atoms with Crippen LogP contribution in [0.4, 0.5) is 8.78 Å². The lowest BCUT2D eigenvalue weighted by Gasteiger charge is -2.13. The summed E-state index contributed by atoms with van der Waals surface area (Å²) >= 11 is 0. The van der Waals surface area contributed by atoms with Crippen LogP contribution in [0.25, 0.3) is 0 Å². The van der Waals surface area contributed by atoms with Crippen molar-refractivity contribution in [2.24, 2.45) is 0 Å². The van der Waals surface area contributed by atoms with Gasteiger partial charge in [-0.25, -0.2) is 13.8 Å². The molecule has 20 heavy (non-hydrogen) atoms. The molecule has 0 amide bonds. The fourth-order valence-electron chi connectivity index (χ4n) is 2.26. The second-order valence-electron chi connectivity index (χ2n) is 4.70. The molecule has 0 aliphatic carbocycles. The summed E-state index contributed by atoms with van der Waals surface area (Å²) in [4.78, 5) is 16.6. The lowest BCUT2D eigenvalue weighted by atomic mass is 10.1. The molecule has 5 heteroatoms. The lowest BCUT2D eigenvalue weighted by molar-refractivity contribution is 0.568. The molecule has 0 radical (unpaired) electrons. The topological polar surface area (TPSA) is 34.9 Å². The molecule has 0 saturated heterocycles. The highest BCUT2D eigenvalue weighted by atomic mass is 19.1. The van der Waals surface area contributed by atoms with Gasteiger partial charge in [-0.2, -0.15) is 0 Å². The summed E-state index contributed by atoms with van der Waals surface area (Å²) in [5.74, 6) is -0.562. The number of aromatic nitrogens is 2. The van der Waals surface area contributed by atoms with Crippen LogP contribution in [0, 0.1) is 25.5 Å². The Balaban J connectivity index is 2.54. The maximum absolute atomic E-state index is 13.7. The van der Waals surface area contributed by atoms with Gasteiger partial charge in [-0.15, -0.1) is 0 Å². The van der Waals surface area contributed by atoms with Crippen LogP contribution in [0.3, 0.4) is 0 Å². The van der Waals surface area contributed by atoms with Gasteiger partial charge >= 0.3 is 0 Å². The van der Waals surface area contributed by atoms with Crippen LogP contribution in [0.2, 0.25) is 0 Å². The summed E-state index contributed by atoms with van der Waals surface area (Å²) in [6, 6.07) is 3.22. The Morgan fingerprint density at radius 2 is 1.95 bits per heavy atom. The van der Waals surface area contributed by atoms with Gasteiger partial charge in [-0.1, -0.05) is 6.92 Å². The molecule has 2 rings (SSSR count). The first-order valence-corrected chi connectivity index (χ1v) is 6.44. The van der Waals surface area contributed by atoms with Crippen LogP contribution in [-0.4, -0.2) is 9.55 Å². The number of nitrogens with zero attached hydrogens (tertiary/aromatic N) is 2. The van der Waals surface area contributed by atoms with Crippen LogP contribution >= 0.6 is 0 Å². The summed E-state index contributed by atoms with van der Waals surface area (Å²) in [6.45, 7) is 5.31. The number of hydrogen-bond acceptors (Lipinski definition) is 2. The van der Waals surface area contributed by atoms with E-state index in [9.17, 15) is 13.6 Å². The zero-order valence-electron chi connectivity index (χ0n) is 11.7. The molecule has 0 unspecified atom stereocenters. The first-order valence-electron chi connectivity index (χ1n) is 6.44. The molecule has 0 bridgehead atoms. The molecule has 3 nitrogen and oxygen atoms in total. The van der Waals surface area contributed by atoms with E-state index in [1.165, 1.54) is 4.57 Å². The minimum atomic E-state index is -0.531.